The number of benzene rings is 3. The van der Waals surface area contributed by atoms with Crippen LogP contribution in [-0.4, -0.2) is 55.4 Å². The second-order valence-corrected chi connectivity index (χ2v) is 11.3. The van der Waals surface area contributed by atoms with E-state index in [1.807, 2.05) is 48.5 Å². The van der Waals surface area contributed by atoms with Gasteiger partial charge in [-0.15, -0.1) is 10.2 Å². The fourth-order valence-corrected chi connectivity index (χ4v) is 6.01. The van der Waals surface area contributed by atoms with Crippen LogP contribution in [0.4, 0.5) is 0 Å². The lowest BCUT2D eigenvalue weighted by Gasteiger charge is -2.32. The second-order valence-electron chi connectivity index (χ2n) is 9.89. The molecule has 0 aliphatic carbocycles. The molecule has 5 aromatic rings. The quantitative estimate of drug-likeness (QED) is 0.252. The molecular formula is C30H29ClN6OS. The maximum Gasteiger partial charge on any atom is 0.230 e. The van der Waals surface area contributed by atoms with Crippen molar-refractivity contribution in [2.24, 2.45) is 0 Å². The van der Waals surface area contributed by atoms with Crippen molar-refractivity contribution in [2.75, 3.05) is 18.8 Å². The van der Waals surface area contributed by atoms with Gasteiger partial charge in [-0.25, -0.2) is 4.98 Å². The Bertz CT molecular complexity index is 1600. The molecule has 0 saturated carbocycles. The predicted molar refractivity (Wildman–Crippen MR) is 157 cm³/mol. The molecule has 1 N–H and O–H groups in total. The van der Waals surface area contributed by atoms with Gasteiger partial charge in [0, 0.05) is 42.6 Å². The number of fused-ring (bicyclic) bond motifs is 3. The Morgan fingerprint density at radius 1 is 0.923 bits per heavy atom. The molecule has 3 heterocycles. The maximum absolute atomic E-state index is 12.8. The number of carbonyl (C=O) groups excluding carboxylic acids is 1. The average Bonchev–Trinajstić information content (AvgIpc) is 3.26. The molecule has 3 aromatic carbocycles. The summed E-state index contributed by atoms with van der Waals surface area (Å²) in [7, 11) is 0. The van der Waals surface area contributed by atoms with E-state index in [9.17, 15) is 4.79 Å². The van der Waals surface area contributed by atoms with Crippen LogP contribution < -0.4 is 5.32 Å². The van der Waals surface area contributed by atoms with Gasteiger partial charge in [-0.3, -0.25) is 9.69 Å². The highest BCUT2D eigenvalue weighted by Crippen LogP contribution is 2.28. The fourth-order valence-electron chi connectivity index (χ4n) is 5.20. The van der Waals surface area contributed by atoms with Gasteiger partial charge in [0.25, 0.3) is 0 Å². The van der Waals surface area contributed by atoms with Gasteiger partial charge in [0.15, 0.2) is 5.65 Å². The summed E-state index contributed by atoms with van der Waals surface area (Å²) in [5.74, 6) is 0.260. The van der Waals surface area contributed by atoms with E-state index in [1.54, 1.807) is 0 Å². The van der Waals surface area contributed by atoms with Gasteiger partial charge in [0.1, 0.15) is 5.52 Å². The third-order valence-corrected chi connectivity index (χ3v) is 8.19. The Hall–Kier alpha value is -3.46. The number of piperidine rings is 1. The third-order valence-electron chi connectivity index (χ3n) is 7.12. The normalized spacial score (nSPS) is 14.7. The number of likely N-dealkylation sites (tertiary alicyclic amines) is 1. The average molecular weight is 557 g/mol. The molecule has 198 valence electrons. The lowest BCUT2D eigenvalue weighted by Crippen LogP contribution is -2.44. The minimum absolute atomic E-state index is 0.00433. The zero-order valence-corrected chi connectivity index (χ0v) is 23.0. The lowest BCUT2D eigenvalue weighted by molar-refractivity contribution is -0.119. The van der Waals surface area contributed by atoms with Crippen LogP contribution in [0.1, 0.15) is 24.0 Å². The minimum Gasteiger partial charge on any atom is -0.353 e. The number of hydrogen-bond donors (Lipinski definition) is 1. The van der Waals surface area contributed by atoms with Crippen molar-refractivity contribution in [1.82, 2.24) is 30.0 Å². The van der Waals surface area contributed by atoms with Gasteiger partial charge in [-0.2, -0.15) is 0 Å². The summed E-state index contributed by atoms with van der Waals surface area (Å²) < 4.78 is 2.14. The van der Waals surface area contributed by atoms with Crippen molar-refractivity contribution in [3.8, 4) is 0 Å². The highest BCUT2D eigenvalue weighted by molar-refractivity contribution is 7.99. The monoisotopic (exact) mass is 556 g/mol. The molecule has 6 rings (SSSR count). The zero-order chi connectivity index (χ0) is 26.6. The molecule has 1 aliphatic rings. The smallest absolute Gasteiger partial charge is 0.230 e. The summed E-state index contributed by atoms with van der Waals surface area (Å²) in [5.41, 5.74) is 4.94. The van der Waals surface area contributed by atoms with Crippen molar-refractivity contribution in [3.05, 3.63) is 95.0 Å². The number of carbonyl (C=O) groups is 1. The number of aromatic nitrogens is 4. The zero-order valence-electron chi connectivity index (χ0n) is 21.5. The van der Waals surface area contributed by atoms with Crippen LogP contribution in [-0.2, 0) is 17.9 Å². The van der Waals surface area contributed by atoms with Gasteiger partial charge in [0.05, 0.1) is 11.3 Å². The maximum atomic E-state index is 12.8. The molecular weight excluding hydrogens is 528 g/mol. The first-order chi connectivity index (χ1) is 19.1. The number of thioether (sulfide) groups is 1. The number of nitrogens with zero attached hydrogens (tertiary/aromatic N) is 5. The molecule has 1 saturated heterocycles. The number of para-hydroxylation sites is 1. The van der Waals surface area contributed by atoms with Crippen LogP contribution in [0.25, 0.3) is 22.1 Å². The van der Waals surface area contributed by atoms with E-state index >= 15 is 0 Å². The van der Waals surface area contributed by atoms with E-state index in [4.69, 9.17) is 16.6 Å². The van der Waals surface area contributed by atoms with Crippen LogP contribution in [0.2, 0.25) is 5.02 Å². The summed E-state index contributed by atoms with van der Waals surface area (Å²) in [6.45, 7) is 3.52. The van der Waals surface area contributed by atoms with Crippen molar-refractivity contribution in [2.45, 2.75) is 37.1 Å². The molecule has 0 unspecified atom stereocenters. The van der Waals surface area contributed by atoms with Crippen LogP contribution in [0.5, 0.6) is 0 Å². The highest BCUT2D eigenvalue weighted by Gasteiger charge is 2.21. The van der Waals surface area contributed by atoms with Gasteiger partial charge < -0.3 is 9.88 Å². The minimum atomic E-state index is 0.00433. The summed E-state index contributed by atoms with van der Waals surface area (Å²) in [4.78, 5) is 20.0. The van der Waals surface area contributed by atoms with Crippen LogP contribution in [0, 0.1) is 0 Å². The number of rotatable bonds is 8. The molecule has 1 amide bonds. The molecule has 0 bridgehead atoms. The van der Waals surface area contributed by atoms with Crippen molar-refractivity contribution < 1.29 is 4.79 Å². The molecule has 0 atom stereocenters. The summed E-state index contributed by atoms with van der Waals surface area (Å²) in [6.07, 6.45) is 1.91. The Kier molecular flexibility index (Phi) is 7.76. The van der Waals surface area contributed by atoms with Crippen LogP contribution >= 0.6 is 23.4 Å². The largest absolute Gasteiger partial charge is 0.353 e. The third kappa shape index (κ3) is 6.08. The van der Waals surface area contributed by atoms with E-state index < -0.39 is 0 Å². The van der Waals surface area contributed by atoms with Gasteiger partial charge in [0.2, 0.25) is 11.1 Å². The molecule has 1 aliphatic heterocycles. The van der Waals surface area contributed by atoms with Crippen molar-refractivity contribution >= 4 is 51.3 Å². The molecule has 39 heavy (non-hydrogen) atoms. The highest BCUT2D eigenvalue weighted by atomic mass is 35.5. The Morgan fingerprint density at radius 3 is 2.51 bits per heavy atom. The van der Waals surface area contributed by atoms with E-state index in [1.165, 1.54) is 17.3 Å². The van der Waals surface area contributed by atoms with E-state index in [-0.39, 0.29) is 17.7 Å². The van der Waals surface area contributed by atoms with Crippen molar-refractivity contribution in [1.29, 1.82) is 0 Å². The molecule has 7 nitrogen and oxygen atoms in total. The summed E-state index contributed by atoms with van der Waals surface area (Å²) >= 11 is 7.56. The van der Waals surface area contributed by atoms with Crippen LogP contribution in [0.3, 0.4) is 0 Å². The Balaban J connectivity index is 1.10. The fraction of sp³-hybridized carbons (Fsp3) is 0.267. The Labute approximate surface area is 236 Å². The molecule has 0 spiro atoms. The van der Waals surface area contributed by atoms with E-state index in [0.29, 0.717) is 16.7 Å². The number of amides is 1. The topological polar surface area (TPSA) is 75.9 Å². The molecule has 1 fully saturated rings. The molecule has 2 aromatic heterocycles. The van der Waals surface area contributed by atoms with Gasteiger partial charge >= 0.3 is 0 Å². The first kappa shape index (κ1) is 25.8. The van der Waals surface area contributed by atoms with E-state index in [0.717, 1.165) is 60.1 Å². The van der Waals surface area contributed by atoms with Crippen LogP contribution in [0.15, 0.2) is 84.0 Å². The summed E-state index contributed by atoms with van der Waals surface area (Å²) in [6, 6.07) is 26.7. The lowest BCUT2D eigenvalue weighted by atomic mass is 10.0. The first-order valence-corrected chi connectivity index (χ1v) is 14.5. The van der Waals surface area contributed by atoms with Crippen molar-refractivity contribution in [3.63, 3.8) is 0 Å². The summed E-state index contributed by atoms with van der Waals surface area (Å²) in [5, 5.41) is 14.2. The van der Waals surface area contributed by atoms with Gasteiger partial charge in [-0.05, 0) is 42.2 Å². The Morgan fingerprint density at radius 2 is 1.69 bits per heavy atom. The first-order valence-electron chi connectivity index (χ1n) is 13.2. The number of nitrogens with one attached hydrogen (secondary N) is 1. The number of hydrogen-bond acceptors (Lipinski definition) is 6. The SMILES string of the molecule is O=C(CSc1nnc2c3ccccc3n(Cc3cccc(Cl)c3)c2n1)NC1CCN(Cc2ccccc2)CC1. The number of halogens is 1. The van der Waals surface area contributed by atoms with Gasteiger partial charge in [-0.1, -0.05) is 84.0 Å². The predicted octanol–water partition coefficient (Wildman–Crippen LogP) is 5.55. The second kappa shape index (κ2) is 11.7. The van der Waals surface area contributed by atoms with E-state index in [2.05, 4.69) is 55.3 Å². The standard InChI is InChI=1S/C30H29ClN6OS/c31-23-10-6-9-22(17-23)19-37-26-12-5-4-11-25(26)28-29(37)33-30(35-34-28)39-20-27(38)32-24-13-15-36(16-14-24)18-21-7-2-1-3-8-21/h1-12,17,24H,13-16,18-20H2,(H,32,38). The molecule has 0 radical (unpaired) electrons. The molecule has 9 heteroatoms.